The minimum atomic E-state index is 0.732. The van der Waals surface area contributed by atoms with Gasteiger partial charge in [0.1, 0.15) is 0 Å². The van der Waals surface area contributed by atoms with E-state index >= 15 is 0 Å². The molecule has 0 aliphatic carbocycles. The van der Waals surface area contributed by atoms with E-state index in [1.165, 1.54) is 38.0 Å². The lowest BCUT2D eigenvalue weighted by Gasteiger charge is -2.28. The van der Waals surface area contributed by atoms with Crippen molar-refractivity contribution in [2.24, 2.45) is 0 Å². The number of halogens is 1. The van der Waals surface area contributed by atoms with Gasteiger partial charge in [0, 0.05) is 30.1 Å². The van der Waals surface area contributed by atoms with E-state index in [0.717, 1.165) is 29.3 Å². The van der Waals surface area contributed by atoms with Gasteiger partial charge in [0.25, 0.3) is 0 Å². The number of nitrogens with zero attached hydrogens (tertiary/aromatic N) is 2. The van der Waals surface area contributed by atoms with Gasteiger partial charge in [-0.3, -0.25) is 4.90 Å². The Kier molecular flexibility index (Phi) is 3.48. The van der Waals surface area contributed by atoms with Crippen LogP contribution in [-0.4, -0.2) is 37.1 Å². The van der Waals surface area contributed by atoms with Gasteiger partial charge in [-0.05, 0) is 44.0 Å². The molecule has 0 bridgehead atoms. The number of nitrogen functional groups attached to an aromatic ring is 1. The number of nitrogens with two attached hydrogens (primary N) is 1. The Hall–Kier alpha value is -0.740. The van der Waals surface area contributed by atoms with Crippen LogP contribution >= 0.6 is 15.9 Å². The molecule has 1 aromatic rings. The fourth-order valence-corrected chi connectivity index (χ4v) is 3.62. The van der Waals surface area contributed by atoms with Gasteiger partial charge < -0.3 is 10.6 Å². The molecule has 18 heavy (non-hydrogen) atoms. The highest BCUT2D eigenvalue weighted by atomic mass is 79.9. The van der Waals surface area contributed by atoms with E-state index < -0.39 is 0 Å². The average molecular weight is 310 g/mol. The van der Waals surface area contributed by atoms with Crippen LogP contribution < -0.4 is 10.6 Å². The van der Waals surface area contributed by atoms with E-state index in [4.69, 9.17) is 5.73 Å². The van der Waals surface area contributed by atoms with Gasteiger partial charge in [-0.25, -0.2) is 0 Å². The molecule has 2 N–H and O–H groups in total. The molecule has 1 unspecified atom stereocenters. The number of benzene rings is 1. The summed E-state index contributed by atoms with van der Waals surface area (Å²) in [6.07, 6.45) is 3.94. The summed E-state index contributed by atoms with van der Waals surface area (Å²) in [4.78, 5) is 5.12. The normalized spacial score (nSPS) is 24.9. The summed E-state index contributed by atoms with van der Waals surface area (Å²) < 4.78 is 1.06. The maximum Gasteiger partial charge on any atom is 0.0601 e. The Balaban J connectivity index is 1.82. The highest BCUT2D eigenvalue weighted by Gasteiger charge is 2.29. The summed E-state index contributed by atoms with van der Waals surface area (Å²) >= 11 is 3.47. The fraction of sp³-hybridized carbons (Fsp3) is 0.571. The highest BCUT2D eigenvalue weighted by Crippen LogP contribution is 2.30. The first kappa shape index (κ1) is 12.3. The molecule has 3 rings (SSSR count). The smallest absolute Gasteiger partial charge is 0.0601 e. The van der Waals surface area contributed by atoms with Crippen molar-refractivity contribution < 1.29 is 0 Å². The summed E-state index contributed by atoms with van der Waals surface area (Å²) in [6.45, 7) is 4.79. The summed E-state index contributed by atoms with van der Waals surface area (Å²) in [5.74, 6) is 0. The quantitative estimate of drug-likeness (QED) is 0.810. The molecule has 98 valence electrons. The second-order valence-electron chi connectivity index (χ2n) is 5.33. The van der Waals surface area contributed by atoms with Crippen LogP contribution in [-0.2, 0) is 0 Å². The highest BCUT2D eigenvalue weighted by molar-refractivity contribution is 9.10. The van der Waals surface area contributed by atoms with Gasteiger partial charge in [0.05, 0.1) is 11.4 Å². The standard InChI is InChI=1S/C14H20BrN3/c15-11-4-5-14(13(16)9-11)18-8-2-7-17-6-1-3-12(17)10-18/h4-5,9,12H,1-3,6-8,10,16H2. The molecule has 1 aromatic carbocycles. The molecule has 2 saturated heterocycles. The number of fused-ring (bicyclic) bond motifs is 1. The topological polar surface area (TPSA) is 32.5 Å². The minimum absolute atomic E-state index is 0.732. The lowest BCUT2D eigenvalue weighted by Crippen LogP contribution is -2.36. The molecule has 0 saturated carbocycles. The van der Waals surface area contributed by atoms with E-state index in [1.807, 2.05) is 6.07 Å². The summed E-state index contributed by atoms with van der Waals surface area (Å²) in [6, 6.07) is 6.97. The van der Waals surface area contributed by atoms with E-state index in [9.17, 15) is 0 Å². The second-order valence-corrected chi connectivity index (χ2v) is 6.25. The lowest BCUT2D eigenvalue weighted by atomic mass is 10.2. The van der Waals surface area contributed by atoms with Gasteiger partial charge in [-0.2, -0.15) is 0 Å². The molecular formula is C14H20BrN3. The first-order chi connectivity index (χ1) is 8.74. The Bertz CT molecular complexity index is 435. The molecule has 2 aliphatic rings. The first-order valence-corrected chi connectivity index (χ1v) is 7.57. The van der Waals surface area contributed by atoms with Crippen LogP contribution in [0.5, 0.6) is 0 Å². The molecule has 2 aliphatic heterocycles. The number of anilines is 2. The monoisotopic (exact) mass is 309 g/mol. The SMILES string of the molecule is Nc1cc(Br)ccc1N1CCCN2CCCC2C1. The summed E-state index contributed by atoms with van der Waals surface area (Å²) in [5.41, 5.74) is 8.24. The van der Waals surface area contributed by atoms with Crippen molar-refractivity contribution in [2.45, 2.75) is 25.3 Å². The molecule has 0 aromatic heterocycles. The molecule has 2 fully saturated rings. The number of rotatable bonds is 1. The Morgan fingerprint density at radius 1 is 1.17 bits per heavy atom. The zero-order chi connectivity index (χ0) is 12.5. The lowest BCUT2D eigenvalue weighted by molar-refractivity contribution is 0.273. The summed E-state index contributed by atoms with van der Waals surface area (Å²) in [5, 5.41) is 0. The van der Waals surface area contributed by atoms with Gasteiger partial charge in [0.15, 0.2) is 0 Å². The van der Waals surface area contributed by atoms with Crippen LogP contribution in [0.2, 0.25) is 0 Å². The maximum absolute atomic E-state index is 6.16. The van der Waals surface area contributed by atoms with Crippen LogP contribution in [0.25, 0.3) is 0 Å². The van der Waals surface area contributed by atoms with Gasteiger partial charge in [-0.1, -0.05) is 15.9 Å². The van der Waals surface area contributed by atoms with Gasteiger partial charge in [-0.15, -0.1) is 0 Å². The van der Waals surface area contributed by atoms with Crippen LogP contribution in [0.3, 0.4) is 0 Å². The molecule has 1 atom stereocenters. The molecule has 0 amide bonds. The third kappa shape index (κ3) is 2.36. The molecule has 4 heteroatoms. The van der Waals surface area contributed by atoms with Gasteiger partial charge in [0.2, 0.25) is 0 Å². The van der Waals surface area contributed by atoms with Crippen LogP contribution in [0.4, 0.5) is 11.4 Å². The Morgan fingerprint density at radius 3 is 2.83 bits per heavy atom. The predicted octanol–water partition coefficient (Wildman–Crippen LogP) is 2.71. The largest absolute Gasteiger partial charge is 0.397 e. The molecular weight excluding hydrogens is 290 g/mol. The van der Waals surface area contributed by atoms with Crippen molar-refractivity contribution in [3.8, 4) is 0 Å². The maximum atomic E-state index is 6.16. The zero-order valence-electron chi connectivity index (χ0n) is 10.6. The van der Waals surface area contributed by atoms with Crippen molar-refractivity contribution in [2.75, 3.05) is 36.8 Å². The minimum Gasteiger partial charge on any atom is -0.397 e. The molecule has 0 spiro atoms. The van der Waals surface area contributed by atoms with Crippen LogP contribution in [0.15, 0.2) is 22.7 Å². The third-order valence-electron chi connectivity index (χ3n) is 4.13. The van der Waals surface area contributed by atoms with Crippen molar-refractivity contribution in [3.05, 3.63) is 22.7 Å². The van der Waals surface area contributed by atoms with Crippen LogP contribution in [0, 0.1) is 0 Å². The first-order valence-electron chi connectivity index (χ1n) is 6.78. The van der Waals surface area contributed by atoms with Crippen molar-refractivity contribution in [1.82, 2.24) is 4.90 Å². The Morgan fingerprint density at radius 2 is 2.00 bits per heavy atom. The molecule has 2 heterocycles. The van der Waals surface area contributed by atoms with E-state index in [2.05, 4.69) is 37.9 Å². The molecule has 0 radical (unpaired) electrons. The summed E-state index contributed by atoms with van der Waals surface area (Å²) in [7, 11) is 0. The predicted molar refractivity (Wildman–Crippen MR) is 80.0 cm³/mol. The van der Waals surface area contributed by atoms with Crippen molar-refractivity contribution >= 4 is 27.3 Å². The average Bonchev–Trinajstić information content (AvgIpc) is 2.67. The van der Waals surface area contributed by atoms with Crippen LogP contribution in [0.1, 0.15) is 19.3 Å². The molecule has 3 nitrogen and oxygen atoms in total. The van der Waals surface area contributed by atoms with Crippen molar-refractivity contribution in [1.29, 1.82) is 0 Å². The third-order valence-corrected chi connectivity index (χ3v) is 4.63. The zero-order valence-corrected chi connectivity index (χ0v) is 12.2. The van der Waals surface area contributed by atoms with E-state index in [0.29, 0.717) is 0 Å². The van der Waals surface area contributed by atoms with E-state index in [1.54, 1.807) is 0 Å². The van der Waals surface area contributed by atoms with Gasteiger partial charge >= 0.3 is 0 Å². The van der Waals surface area contributed by atoms with Crippen molar-refractivity contribution in [3.63, 3.8) is 0 Å². The number of hydrogen-bond acceptors (Lipinski definition) is 3. The Labute approximate surface area is 117 Å². The number of hydrogen-bond donors (Lipinski definition) is 1. The fourth-order valence-electron chi connectivity index (χ4n) is 3.24. The van der Waals surface area contributed by atoms with E-state index in [-0.39, 0.29) is 0 Å². The second kappa shape index (κ2) is 5.10.